The van der Waals surface area contributed by atoms with Gasteiger partial charge in [0, 0.05) is 35.7 Å². The lowest BCUT2D eigenvalue weighted by molar-refractivity contribution is 0.0948. The van der Waals surface area contributed by atoms with E-state index in [1.807, 2.05) is 25.1 Å². The normalized spacial score (nSPS) is 14.6. The van der Waals surface area contributed by atoms with Gasteiger partial charge in [-0.15, -0.1) is 0 Å². The first kappa shape index (κ1) is 25.1. The summed E-state index contributed by atoms with van der Waals surface area (Å²) in [5.74, 6) is 0.245. The van der Waals surface area contributed by atoms with Crippen LogP contribution in [0, 0.1) is 0 Å². The maximum atomic E-state index is 14.1. The predicted octanol–water partition coefficient (Wildman–Crippen LogP) is 5.05. The molecule has 9 heteroatoms. The SMILES string of the molecule is C/C=C(/CNC(=O)c1cc(C(C)(F)P)nn1C)S/C(=C(/C)CC)c1ccnc(OC)c1. The maximum Gasteiger partial charge on any atom is 0.269 e. The fraction of sp³-hybridized carbons (Fsp3) is 0.409. The van der Waals surface area contributed by atoms with Crippen molar-refractivity contribution < 1.29 is 13.9 Å². The second kappa shape index (κ2) is 10.9. The zero-order chi connectivity index (χ0) is 23.2. The van der Waals surface area contributed by atoms with Crippen molar-refractivity contribution in [3.05, 3.63) is 57.9 Å². The van der Waals surface area contributed by atoms with Gasteiger partial charge in [-0.05, 0) is 44.9 Å². The molecule has 0 spiro atoms. The van der Waals surface area contributed by atoms with Gasteiger partial charge >= 0.3 is 0 Å². The molecule has 168 valence electrons. The predicted molar refractivity (Wildman–Crippen MR) is 129 cm³/mol. The molecule has 2 atom stereocenters. The molecule has 0 radical (unpaired) electrons. The number of carbonyl (C=O) groups excluding carboxylic acids is 1. The summed E-state index contributed by atoms with van der Waals surface area (Å²) < 4.78 is 20.8. The van der Waals surface area contributed by atoms with Gasteiger partial charge in [0.25, 0.3) is 5.91 Å². The average Bonchev–Trinajstić information content (AvgIpc) is 3.15. The smallest absolute Gasteiger partial charge is 0.269 e. The summed E-state index contributed by atoms with van der Waals surface area (Å²) in [5.41, 5.74) is 2.74. The van der Waals surface area contributed by atoms with Crippen LogP contribution >= 0.6 is 21.0 Å². The van der Waals surface area contributed by atoms with E-state index in [1.165, 1.54) is 23.2 Å². The third-order valence-electron chi connectivity index (χ3n) is 4.72. The van der Waals surface area contributed by atoms with Crippen molar-refractivity contribution in [1.29, 1.82) is 0 Å². The standard InChI is InChI=1S/C22H30FN4O2PS/c1-7-14(3)20(15-9-10-24-19(11-15)29-6)31-16(8-2)13-25-21(28)17-12-18(22(4,23)30)26-27(17)5/h8-12H,7,13,30H2,1-6H3,(H,25,28)/b16-8-,20-14-. The third-order valence-corrected chi connectivity index (χ3v) is 6.44. The van der Waals surface area contributed by atoms with Gasteiger partial charge in [0.15, 0.2) is 5.41 Å². The number of halogens is 1. The quantitative estimate of drug-likeness (QED) is 0.526. The van der Waals surface area contributed by atoms with Crippen LogP contribution in [0.5, 0.6) is 5.88 Å². The largest absolute Gasteiger partial charge is 0.481 e. The highest BCUT2D eigenvalue weighted by molar-refractivity contribution is 8.11. The zero-order valence-electron chi connectivity index (χ0n) is 18.8. The monoisotopic (exact) mass is 464 g/mol. The van der Waals surface area contributed by atoms with Crippen LogP contribution in [0.3, 0.4) is 0 Å². The van der Waals surface area contributed by atoms with Crippen LogP contribution in [0.1, 0.15) is 55.9 Å². The van der Waals surface area contributed by atoms with Gasteiger partial charge in [0.2, 0.25) is 5.88 Å². The number of nitrogens with one attached hydrogen (secondary N) is 1. The summed E-state index contributed by atoms with van der Waals surface area (Å²) in [6.45, 7) is 7.86. The van der Waals surface area contributed by atoms with Gasteiger partial charge in [-0.25, -0.2) is 9.37 Å². The molecule has 0 aliphatic carbocycles. The Morgan fingerprint density at radius 3 is 2.71 bits per heavy atom. The highest BCUT2D eigenvalue weighted by Crippen LogP contribution is 2.37. The first-order chi connectivity index (χ1) is 14.6. The number of amides is 1. The first-order valence-corrected chi connectivity index (χ1v) is 11.3. The van der Waals surface area contributed by atoms with Crippen LogP contribution in [0.15, 0.2) is 41.0 Å². The van der Waals surface area contributed by atoms with Gasteiger partial charge < -0.3 is 10.1 Å². The third kappa shape index (κ3) is 6.65. The first-order valence-electron chi connectivity index (χ1n) is 9.94. The lowest BCUT2D eigenvalue weighted by atomic mass is 10.1. The molecule has 2 unspecified atom stereocenters. The Morgan fingerprint density at radius 2 is 2.16 bits per heavy atom. The van der Waals surface area contributed by atoms with Crippen molar-refractivity contribution in [1.82, 2.24) is 20.1 Å². The molecule has 0 saturated carbocycles. The molecule has 2 aromatic heterocycles. The van der Waals surface area contributed by atoms with E-state index in [1.54, 1.807) is 32.1 Å². The van der Waals surface area contributed by atoms with E-state index in [0.717, 1.165) is 21.8 Å². The molecule has 0 aromatic carbocycles. The van der Waals surface area contributed by atoms with Crippen LogP contribution in [0.25, 0.3) is 4.91 Å². The molecule has 1 amide bonds. The fourth-order valence-electron chi connectivity index (χ4n) is 2.72. The van der Waals surface area contributed by atoms with Crippen molar-refractivity contribution >= 4 is 31.8 Å². The van der Waals surface area contributed by atoms with Crippen molar-refractivity contribution in [2.45, 2.75) is 39.5 Å². The van der Waals surface area contributed by atoms with E-state index in [9.17, 15) is 9.18 Å². The summed E-state index contributed by atoms with van der Waals surface area (Å²) in [6, 6.07) is 5.33. The van der Waals surface area contributed by atoms with Crippen LogP contribution in [-0.4, -0.2) is 34.3 Å². The Bertz CT molecular complexity index is 996. The molecule has 1 N–H and O–H groups in total. The van der Waals surface area contributed by atoms with Gasteiger partial charge in [0.1, 0.15) is 11.4 Å². The van der Waals surface area contributed by atoms with Crippen LogP contribution in [0.2, 0.25) is 0 Å². The van der Waals surface area contributed by atoms with Crippen molar-refractivity contribution in [3.8, 4) is 5.88 Å². The van der Waals surface area contributed by atoms with E-state index < -0.39 is 5.41 Å². The van der Waals surface area contributed by atoms with Crippen LogP contribution in [0.4, 0.5) is 4.39 Å². The van der Waals surface area contributed by atoms with Gasteiger partial charge in [-0.2, -0.15) is 5.10 Å². The fourth-order valence-corrected chi connectivity index (χ4v) is 3.95. The zero-order valence-corrected chi connectivity index (χ0v) is 20.8. The second-order valence-corrected chi connectivity index (χ2v) is 9.42. The molecular weight excluding hydrogens is 434 g/mol. The van der Waals surface area contributed by atoms with E-state index in [0.29, 0.717) is 18.1 Å². The molecule has 2 rings (SSSR count). The van der Waals surface area contributed by atoms with E-state index in [2.05, 4.69) is 38.5 Å². The number of rotatable bonds is 9. The maximum absolute atomic E-state index is 14.1. The van der Waals surface area contributed by atoms with Crippen molar-refractivity contribution in [3.63, 3.8) is 0 Å². The summed E-state index contributed by atoms with van der Waals surface area (Å²) in [5, 5.41) is 5.33. The van der Waals surface area contributed by atoms with Crippen LogP contribution < -0.4 is 10.1 Å². The molecule has 0 bridgehead atoms. The molecule has 0 saturated heterocycles. The molecular formula is C22H30FN4O2PS. The lowest BCUT2D eigenvalue weighted by Gasteiger charge is -2.15. The number of ether oxygens (including phenoxy) is 1. The van der Waals surface area contributed by atoms with E-state index in [-0.39, 0.29) is 11.6 Å². The summed E-state index contributed by atoms with van der Waals surface area (Å²) in [7, 11) is 5.31. The topological polar surface area (TPSA) is 69.0 Å². The Hall–Kier alpha value is -2.18. The second-order valence-electron chi connectivity index (χ2n) is 7.20. The molecule has 6 nitrogen and oxygen atoms in total. The van der Waals surface area contributed by atoms with Crippen molar-refractivity contribution in [2.24, 2.45) is 7.05 Å². The molecule has 2 heterocycles. The Kier molecular flexibility index (Phi) is 8.83. The summed E-state index contributed by atoms with van der Waals surface area (Å²) in [4.78, 5) is 18.9. The van der Waals surface area contributed by atoms with E-state index in [4.69, 9.17) is 4.74 Å². The van der Waals surface area contributed by atoms with Crippen molar-refractivity contribution in [2.75, 3.05) is 13.7 Å². The Morgan fingerprint density at radius 1 is 1.45 bits per heavy atom. The number of methoxy groups -OCH3 is 1. The van der Waals surface area contributed by atoms with Gasteiger partial charge in [0.05, 0.1) is 7.11 Å². The number of thioether (sulfide) groups is 1. The Labute approximate surface area is 189 Å². The number of pyridine rings is 1. The summed E-state index contributed by atoms with van der Waals surface area (Å²) in [6.07, 6.45) is 4.59. The van der Waals surface area contributed by atoms with Gasteiger partial charge in [-0.3, -0.25) is 9.48 Å². The van der Waals surface area contributed by atoms with E-state index >= 15 is 0 Å². The number of aryl methyl sites for hydroxylation is 1. The minimum Gasteiger partial charge on any atom is -0.481 e. The molecule has 0 aliphatic heterocycles. The van der Waals surface area contributed by atoms with Crippen LogP contribution in [-0.2, 0) is 12.5 Å². The number of allylic oxidation sites excluding steroid dienone is 2. The average molecular weight is 465 g/mol. The number of hydrogen-bond donors (Lipinski definition) is 1. The number of aromatic nitrogens is 3. The van der Waals surface area contributed by atoms with Gasteiger partial charge in [-0.1, -0.05) is 39.6 Å². The summed E-state index contributed by atoms with van der Waals surface area (Å²) >= 11 is 1.60. The number of alkyl halides is 1. The number of carbonyl (C=O) groups is 1. The number of hydrogen-bond acceptors (Lipinski definition) is 5. The molecule has 31 heavy (non-hydrogen) atoms. The molecule has 2 aromatic rings. The lowest BCUT2D eigenvalue weighted by Crippen LogP contribution is -2.27. The highest BCUT2D eigenvalue weighted by Gasteiger charge is 2.25. The minimum absolute atomic E-state index is 0.196. The minimum atomic E-state index is -1.69. The Balaban J connectivity index is 2.17. The number of nitrogens with zero attached hydrogens (tertiary/aromatic N) is 3. The molecule has 0 aliphatic rings. The highest BCUT2D eigenvalue weighted by atomic mass is 32.2. The molecule has 0 fully saturated rings.